The Morgan fingerprint density at radius 1 is 1.25 bits per heavy atom. The van der Waals surface area contributed by atoms with Crippen LogP contribution in [0, 0.1) is 23.6 Å². The summed E-state index contributed by atoms with van der Waals surface area (Å²) < 4.78 is 13.1. The predicted molar refractivity (Wildman–Crippen MR) is 77.9 cm³/mol. The van der Waals surface area contributed by atoms with Crippen LogP contribution in [-0.4, -0.2) is 18.0 Å². The van der Waals surface area contributed by atoms with E-state index in [-0.39, 0.29) is 34.6 Å². The molecule has 1 aromatic carbocycles. The molecular weight excluding hydrogens is 255 g/mol. The molecule has 1 aliphatic rings. The smallest absolute Gasteiger partial charge is 0.251 e. The molecule has 4 heteroatoms. The molecule has 2 rings (SSSR count). The van der Waals surface area contributed by atoms with Gasteiger partial charge in [-0.25, -0.2) is 4.39 Å². The lowest BCUT2D eigenvalue weighted by Crippen LogP contribution is -2.76. The van der Waals surface area contributed by atoms with E-state index in [0.29, 0.717) is 11.1 Å². The number of carbonyl (C=O) groups excluding carboxylic acids is 1. The number of hydrogen-bond donors (Lipinski definition) is 2. The van der Waals surface area contributed by atoms with Crippen LogP contribution in [0.1, 0.15) is 43.6 Å². The average Bonchev–Trinajstić information content (AvgIpc) is 2.34. The van der Waals surface area contributed by atoms with Crippen molar-refractivity contribution in [1.82, 2.24) is 5.32 Å². The summed E-state index contributed by atoms with van der Waals surface area (Å²) in [5.74, 6) is -0.495. The van der Waals surface area contributed by atoms with E-state index in [2.05, 4.69) is 33.0 Å². The second kappa shape index (κ2) is 4.55. The highest BCUT2D eigenvalue weighted by Gasteiger charge is 2.60. The van der Waals surface area contributed by atoms with Crippen LogP contribution in [0.5, 0.6) is 0 Å². The zero-order valence-corrected chi connectivity index (χ0v) is 12.8. The Morgan fingerprint density at radius 3 is 2.30 bits per heavy atom. The predicted octanol–water partition coefficient (Wildman–Crippen LogP) is 2.63. The standard InChI is InChI=1S/C16H23FN2O/c1-9-8-10(17)6-7-11(9)12(20)19-14-15(2,3)13(18)16(14,4)5/h6-8,13-14H,18H2,1-5H3,(H,19,20). The fourth-order valence-corrected chi connectivity index (χ4v) is 3.64. The zero-order chi connectivity index (χ0) is 15.3. The topological polar surface area (TPSA) is 55.1 Å². The molecule has 1 aliphatic carbocycles. The fourth-order valence-electron chi connectivity index (χ4n) is 3.64. The van der Waals surface area contributed by atoms with E-state index >= 15 is 0 Å². The van der Waals surface area contributed by atoms with Crippen molar-refractivity contribution in [3.8, 4) is 0 Å². The van der Waals surface area contributed by atoms with Crippen molar-refractivity contribution in [3.05, 3.63) is 35.1 Å². The van der Waals surface area contributed by atoms with E-state index in [1.165, 1.54) is 18.2 Å². The second-order valence-electron chi connectivity index (χ2n) is 6.99. The van der Waals surface area contributed by atoms with Crippen molar-refractivity contribution in [2.24, 2.45) is 16.6 Å². The summed E-state index contributed by atoms with van der Waals surface area (Å²) >= 11 is 0. The summed E-state index contributed by atoms with van der Waals surface area (Å²) in [5.41, 5.74) is 7.05. The highest BCUT2D eigenvalue weighted by molar-refractivity contribution is 5.96. The first-order chi connectivity index (χ1) is 9.08. The van der Waals surface area contributed by atoms with Crippen LogP contribution in [0.2, 0.25) is 0 Å². The van der Waals surface area contributed by atoms with Gasteiger partial charge in [-0.2, -0.15) is 0 Å². The molecular formula is C16H23FN2O. The van der Waals surface area contributed by atoms with Crippen LogP contribution in [-0.2, 0) is 0 Å². The number of carbonyl (C=O) groups is 1. The normalized spacial score (nSPS) is 26.8. The Hall–Kier alpha value is -1.42. The molecule has 0 radical (unpaired) electrons. The molecule has 20 heavy (non-hydrogen) atoms. The molecule has 0 unspecified atom stereocenters. The lowest BCUT2D eigenvalue weighted by atomic mass is 9.48. The van der Waals surface area contributed by atoms with Gasteiger partial charge in [0.1, 0.15) is 5.82 Å². The van der Waals surface area contributed by atoms with Gasteiger partial charge in [0.05, 0.1) is 0 Å². The van der Waals surface area contributed by atoms with Gasteiger partial charge in [-0.05, 0) is 30.7 Å². The SMILES string of the molecule is Cc1cc(F)ccc1C(=O)NC1C(C)(C)C(N)C1(C)C. The van der Waals surface area contributed by atoms with Crippen LogP contribution in [0.25, 0.3) is 0 Å². The molecule has 1 saturated carbocycles. The van der Waals surface area contributed by atoms with Gasteiger partial charge in [0.15, 0.2) is 0 Å². The van der Waals surface area contributed by atoms with Gasteiger partial charge < -0.3 is 11.1 Å². The van der Waals surface area contributed by atoms with E-state index in [4.69, 9.17) is 5.73 Å². The Morgan fingerprint density at radius 2 is 1.80 bits per heavy atom. The van der Waals surface area contributed by atoms with Crippen LogP contribution >= 0.6 is 0 Å². The van der Waals surface area contributed by atoms with Crippen LogP contribution < -0.4 is 11.1 Å². The summed E-state index contributed by atoms with van der Waals surface area (Å²) in [6.45, 7) is 9.98. The second-order valence-corrected chi connectivity index (χ2v) is 6.99. The van der Waals surface area contributed by atoms with Gasteiger partial charge in [-0.3, -0.25) is 4.79 Å². The van der Waals surface area contributed by atoms with Crippen LogP contribution in [0.4, 0.5) is 4.39 Å². The van der Waals surface area contributed by atoms with Crippen molar-refractivity contribution < 1.29 is 9.18 Å². The lowest BCUT2D eigenvalue weighted by molar-refractivity contribution is -0.0663. The molecule has 0 spiro atoms. The van der Waals surface area contributed by atoms with Crippen molar-refractivity contribution >= 4 is 5.91 Å². The lowest BCUT2D eigenvalue weighted by Gasteiger charge is -2.62. The number of aryl methyl sites for hydroxylation is 1. The first kappa shape index (κ1) is 15.0. The minimum absolute atomic E-state index is 0.00181. The monoisotopic (exact) mass is 278 g/mol. The zero-order valence-electron chi connectivity index (χ0n) is 12.8. The maximum atomic E-state index is 13.1. The quantitative estimate of drug-likeness (QED) is 0.873. The average molecular weight is 278 g/mol. The summed E-state index contributed by atoms with van der Waals surface area (Å²) in [4.78, 5) is 12.4. The molecule has 0 aliphatic heterocycles. The molecule has 3 N–H and O–H groups in total. The minimum Gasteiger partial charge on any atom is -0.348 e. The van der Waals surface area contributed by atoms with Gasteiger partial charge in [0, 0.05) is 28.5 Å². The third kappa shape index (κ3) is 2.12. The number of halogens is 1. The largest absolute Gasteiger partial charge is 0.348 e. The number of benzene rings is 1. The molecule has 1 aromatic rings. The third-order valence-electron chi connectivity index (χ3n) is 4.80. The molecule has 110 valence electrons. The van der Waals surface area contributed by atoms with E-state index in [0.717, 1.165) is 0 Å². The molecule has 3 nitrogen and oxygen atoms in total. The molecule has 1 fully saturated rings. The number of hydrogen-bond acceptors (Lipinski definition) is 2. The highest BCUT2D eigenvalue weighted by Crippen LogP contribution is 2.52. The molecule has 0 atom stereocenters. The van der Waals surface area contributed by atoms with E-state index < -0.39 is 0 Å². The minimum atomic E-state index is -0.328. The maximum absolute atomic E-state index is 13.1. The summed E-state index contributed by atoms with van der Waals surface area (Å²) in [7, 11) is 0. The highest BCUT2D eigenvalue weighted by atomic mass is 19.1. The Bertz CT molecular complexity index is 535. The summed E-state index contributed by atoms with van der Waals surface area (Å²) in [6.07, 6.45) is 0. The van der Waals surface area contributed by atoms with Crippen molar-refractivity contribution in [2.75, 3.05) is 0 Å². The molecule has 0 bridgehead atoms. The summed E-state index contributed by atoms with van der Waals surface area (Å²) in [6, 6.07) is 4.25. The van der Waals surface area contributed by atoms with Gasteiger partial charge in [-0.1, -0.05) is 27.7 Å². The number of amides is 1. The van der Waals surface area contributed by atoms with Crippen molar-refractivity contribution in [2.45, 2.75) is 46.7 Å². The maximum Gasteiger partial charge on any atom is 0.251 e. The fraction of sp³-hybridized carbons (Fsp3) is 0.562. The van der Waals surface area contributed by atoms with Crippen LogP contribution in [0.3, 0.4) is 0 Å². The molecule has 0 saturated heterocycles. The Balaban J connectivity index is 2.20. The van der Waals surface area contributed by atoms with E-state index in [9.17, 15) is 9.18 Å². The number of nitrogens with one attached hydrogen (secondary N) is 1. The first-order valence-corrected chi connectivity index (χ1v) is 6.91. The number of nitrogens with two attached hydrogens (primary N) is 1. The third-order valence-corrected chi connectivity index (χ3v) is 4.80. The van der Waals surface area contributed by atoms with E-state index in [1.807, 2.05) is 0 Å². The Labute approximate surface area is 119 Å². The molecule has 0 heterocycles. The van der Waals surface area contributed by atoms with Gasteiger partial charge in [-0.15, -0.1) is 0 Å². The van der Waals surface area contributed by atoms with Crippen molar-refractivity contribution in [1.29, 1.82) is 0 Å². The van der Waals surface area contributed by atoms with Crippen LogP contribution in [0.15, 0.2) is 18.2 Å². The van der Waals surface area contributed by atoms with Crippen molar-refractivity contribution in [3.63, 3.8) is 0 Å². The molecule has 0 aromatic heterocycles. The Kier molecular flexibility index (Phi) is 3.41. The number of rotatable bonds is 2. The van der Waals surface area contributed by atoms with Gasteiger partial charge in [0.25, 0.3) is 5.91 Å². The van der Waals surface area contributed by atoms with Gasteiger partial charge in [0.2, 0.25) is 0 Å². The van der Waals surface area contributed by atoms with E-state index in [1.54, 1.807) is 6.92 Å². The first-order valence-electron chi connectivity index (χ1n) is 6.91. The molecule has 1 amide bonds. The summed E-state index contributed by atoms with van der Waals surface area (Å²) in [5, 5.41) is 3.06. The van der Waals surface area contributed by atoms with Gasteiger partial charge >= 0.3 is 0 Å².